The number of nitrogens with zero attached hydrogens (tertiary/aromatic N) is 1. The summed E-state index contributed by atoms with van der Waals surface area (Å²) in [6, 6.07) is 10.5. The van der Waals surface area contributed by atoms with E-state index in [4.69, 9.17) is 11.0 Å². The van der Waals surface area contributed by atoms with Crippen LogP contribution in [-0.2, 0) is 0 Å². The van der Waals surface area contributed by atoms with Gasteiger partial charge in [-0.15, -0.1) is 0 Å². The smallest absolute Gasteiger partial charge is 0.255 e. The molecule has 3 N–H and O–H groups in total. The van der Waals surface area contributed by atoms with Crippen molar-refractivity contribution in [3.05, 3.63) is 57.8 Å². The van der Waals surface area contributed by atoms with Gasteiger partial charge in [-0.05, 0) is 52.3 Å². The first-order valence-electron chi connectivity index (χ1n) is 5.57. The summed E-state index contributed by atoms with van der Waals surface area (Å²) in [6.45, 7) is 0. The first kappa shape index (κ1) is 14.0. The van der Waals surface area contributed by atoms with Crippen molar-refractivity contribution < 1.29 is 9.18 Å². The van der Waals surface area contributed by atoms with Crippen molar-refractivity contribution in [2.24, 2.45) is 0 Å². The van der Waals surface area contributed by atoms with Crippen LogP contribution in [0.1, 0.15) is 15.9 Å². The number of carbonyl (C=O) groups is 1. The topological polar surface area (TPSA) is 78.9 Å². The number of halogens is 2. The number of anilines is 2. The number of benzene rings is 2. The molecule has 0 unspecified atom stereocenters. The minimum absolute atomic E-state index is 0.206. The zero-order valence-corrected chi connectivity index (χ0v) is 11.7. The Morgan fingerprint density at radius 1 is 1.30 bits per heavy atom. The number of rotatable bonds is 2. The number of nitriles is 1. The monoisotopic (exact) mass is 333 g/mol. The van der Waals surface area contributed by atoms with Gasteiger partial charge in [0.25, 0.3) is 5.91 Å². The maximum absolute atomic E-state index is 13.1. The van der Waals surface area contributed by atoms with Crippen molar-refractivity contribution in [3.8, 4) is 6.07 Å². The first-order chi connectivity index (χ1) is 9.51. The van der Waals surface area contributed by atoms with Gasteiger partial charge in [0.15, 0.2) is 0 Å². The Bertz CT molecular complexity index is 725. The minimum Gasteiger partial charge on any atom is -0.397 e. The van der Waals surface area contributed by atoms with Crippen molar-refractivity contribution >= 4 is 33.2 Å². The highest BCUT2D eigenvalue weighted by atomic mass is 79.9. The quantitative estimate of drug-likeness (QED) is 0.827. The Balaban J connectivity index is 2.23. The van der Waals surface area contributed by atoms with Gasteiger partial charge < -0.3 is 11.1 Å². The third-order valence-corrected chi connectivity index (χ3v) is 3.22. The van der Waals surface area contributed by atoms with E-state index in [0.29, 0.717) is 22.5 Å². The van der Waals surface area contributed by atoms with Crippen LogP contribution < -0.4 is 11.1 Å². The molecular formula is C14H9BrFN3O. The molecule has 0 saturated carbocycles. The van der Waals surface area contributed by atoms with Gasteiger partial charge >= 0.3 is 0 Å². The van der Waals surface area contributed by atoms with E-state index >= 15 is 0 Å². The molecule has 6 heteroatoms. The molecule has 0 aliphatic heterocycles. The molecule has 2 rings (SSSR count). The highest BCUT2D eigenvalue weighted by Crippen LogP contribution is 2.22. The largest absolute Gasteiger partial charge is 0.397 e. The van der Waals surface area contributed by atoms with E-state index in [1.807, 2.05) is 6.07 Å². The summed E-state index contributed by atoms with van der Waals surface area (Å²) in [5.74, 6) is -0.860. The minimum atomic E-state index is -0.445. The second kappa shape index (κ2) is 5.72. The van der Waals surface area contributed by atoms with E-state index in [1.54, 1.807) is 12.1 Å². The van der Waals surface area contributed by atoms with E-state index in [-0.39, 0.29) is 4.47 Å². The van der Waals surface area contributed by atoms with Crippen LogP contribution in [0.5, 0.6) is 0 Å². The fourth-order valence-electron chi connectivity index (χ4n) is 1.58. The SMILES string of the molecule is N#Cc1ccc(NC(=O)c2ccc(F)c(Br)c2)c(N)c1. The highest BCUT2D eigenvalue weighted by Gasteiger charge is 2.10. The zero-order chi connectivity index (χ0) is 14.7. The Hall–Kier alpha value is -2.39. The lowest BCUT2D eigenvalue weighted by molar-refractivity contribution is 0.102. The van der Waals surface area contributed by atoms with E-state index < -0.39 is 11.7 Å². The first-order valence-corrected chi connectivity index (χ1v) is 6.36. The van der Waals surface area contributed by atoms with Gasteiger partial charge in [0, 0.05) is 5.56 Å². The fraction of sp³-hybridized carbons (Fsp3) is 0. The summed E-state index contributed by atoms with van der Waals surface area (Å²) in [6.07, 6.45) is 0. The summed E-state index contributed by atoms with van der Waals surface area (Å²) < 4.78 is 13.3. The average molecular weight is 334 g/mol. The lowest BCUT2D eigenvalue weighted by atomic mass is 10.1. The number of nitrogens with two attached hydrogens (primary N) is 1. The number of nitrogen functional groups attached to an aromatic ring is 1. The van der Waals surface area contributed by atoms with Gasteiger partial charge in [-0.2, -0.15) is 5.26 Å². The van der Waals surface area contributed by atoms with Crippen LogP contribution in [0.15, 0.2) is 40.9 Å². The molecule has 0 aliphatic rings. The van der Waals surface area contributed by atoms with Crippen molar-refractivity contribution in [2.75, 3.05) is 11.1 Å². The van der Waals surface area contributed by atoms with Crippen LogP contribution in [0.2, 0.25) is 0 Å². The third kappa shape index (κ3) is 2.95. The van der Waals surface area contributed by atoms with Crippen molar-refractivity contribution in [1.29, 1.82) is 5.26 Å². The van der Waals surface area contributed by atoms with Crippen molar-refractivity contribution in [1.82, 2.24) is 0 Å². The van der Waals surface area contributed by atoms with Crippen LogP contribution in [0.25, 0.3) is 0 Å². The van der Waals surface area contributed by atoms with Crippen LogP contribution in [0.3, 0.4) is 0 Å². The van der Waals surface area contributed by atoms with Crippen LogP contribution in [-0.4, -0.2) is 5.91 Å². The molecule has 0 atom stereocenters. The molecule has 0 radical (unpaired) electrons. The van der Waals surface area contributed by atoms with Crippen molar-refractivity contribution in [2.45, 2.75) is 0 Å². The van der Waals surface area contributed by atoms with Crippen LogP contribution >= 0.6 is 15.9 Å². The molecule has 0 heterocycles. The molecule has 2 aromatic carbocycles. The molecule has 0 fully saturated rings. The Morgan fingerprint density at radius 2 is 2.05 bits per heavy atom. The number of hydrogen-bond acceptors (Lipinski definition) is 3. The molecule has 0 bridgehead atoms. The molecular weight excluding hydrogens is 325 g/mol. The predicted molar refractivity (Wildman–Crippen MR) is 77.6 cm³/mol. The van der Waals surface area contributed by atoms with Gasteiger partial charge in [-0.3, -0.25) is 4.79 Å². The molecule has 0 aliphatic carbocycles. The van der Waals surface area contributed by atoms with E-state index in [9.17, 15) is 9.18 Å². The number of amides is 1. The van der Waals surface area contributed by atoms with Crippen LogP contribution in [0, 0.1) is 17.1 Å². The Morgan fingerprint density at radius 3 is 2.65 bits per heavy atom. The summed E-state index contributed by atoms with van der Waals surface area (Å²) >= 11 is 3.02. The lowest BCUT2D eigenvalue weighted by Crippen LogP contribution is -2.13. The second-order valence-electron chi connectivity index (χ2n) is 4.00. The lowest BCUT2D eigenvalue weighted by Gasteiger charge is -2.08. The molecule has 0 aromatic heterocycles. The van der Waals surface area contributed by atoms with Gasteiger partial charge in [0.05, 0.1) is 27.5 Å². The van der Waals surface area contributed by atoms with Crippen LogP contribution in [0.4, 0.5) is 15.8 Å². The standard InChI is InChI=1S/C14H9BrFN3O/c15-10-6-9(2-3-11(10)16)14(20)19-13-4-1-8(7-17)5-12(13)18/h1-6H,18H2,(H,19,20). The van der Waals surface area contributed by atoms with Crippen molar-refractivity contribution in [3.63, 3.8) is 0 Å². The third-order valence-electron chi connectivity index (χ3n) is 2.61. The normalized spacial score (nSPS) is 9.85. The number of carbonyl (C=O) groups excluding carboxylic acids is 1. The molecule has 0 spiro atoms. The molecule has 100 valence electrons. The number of nitrogens with one attached hydrogen (secondary N) is 1. The summed E-state index contributed by atoms with van der Waals surface area (Å²) in [7, 11) is 0. The van der Waals surface area contributed by atoms with E-state index in [1.165, 1.54) is 24.3 Å². The summed E-state index contributed by atoms with van der Waals surface area (Å²) in [5, 5.41) is 11.3. The highest BCUT2D eigenvalue weighted by molar-refractivity contribution is 9.10. The molecule has 4 nitrogen and oxygen atoms in total. The average Bonchev–Trinajstić information content (AvgIpc) is 2.43. The van der Waals surface area contributed by atoms with Gasteiger partial charge in [-0.25, -0.2) is 4.39 Å². The van der Waals surface area contributed by atoms with E-state index in [0.717, 1.165) is 0 Å². The summed E-state index contributed by atoms with van der Waals surface area (Å²) in [5.41, 5.74) is 7.13. The molecule has 20 heavy (non-hydrogen) atoms. The Kier molecular flexibility index (Phi) is 4.01. The molecule has 0 saturated heterocycles. The molecule has 1 amide bonds. The predicted octanol–water partition coefficient (Wildman–Crippen LogP) is 3.29. The van der Waals surface area contributed by atoms with E-state index in [2.05, 4.69) is 21.2 Å². The zero-order valence-electron chi connectivity index (χ0n) is 10.2. The number of hydrogen-bond donors (Lipinski definition) is 2. The molecule has 2 aromatic rings. The second-order valence-corrected chi connectivity index (χ2v) is 4.85. The van der Waals surface area contributed by atoms with Gasteiger partial charge in [-0.1, -0.05) is 0 Å². The van der Waals surface area contributed by atoms with Gasteiger partial charge in [0.2, 0.25) is 0 Å². The van der Waals surface area contributed by atoms with Gasteiger partial charge in [0.1, 0.15) is 5.82 Å². The maximum atomic E-state index is 13.1. The fourth-order valence-corrected chi connectivity index (χ4v) is 1.96. The maximum Gasteiger partial charge on any atom is 0.255 e. The summed E-state index contributed by atoms with van der Waals surface area (Å²) in [4.78, 5) is 12.0. The Labute approximate surface area is 123 Å².